The SMILES string of the molecule is COC(=NC(=O)OC(C)(C)C)C(C)C. The fraction of sp³-hybridized carbons (Fsp3) is 0.800. The van der Waals surface area contributed by atoms with Crippen LogP contribution in [0.2, 0.25) is 0 Å². The maximum absolute atomic E-state index is 11.2. The Balaban J connectivity index is 4.41. The van der Waals surface area contributed by atoms with Gasteiger partial charge in [-0.1, -0.05) is 13.8 Å². The molecule has 0 aliphatic rings. The van der Waals surface area contributed by atoms with Crippen molar-refractivity contribution in [3.05, 3.63) is 0 Å². The number of hydrogen-bond donors (Lipinski definition) is 0. The summed E-state index contributed by atoms with van der Waals surface area (Å²) in [5.74, 6) is 0.465. The van der Waals surface area contributed by atoms with E-state index < -0.39 is 11.7 Å². The minimum atomic E-state index is -0.608. The van der Waals surface area contributed by atoms with Crippen molar-refractivity contribution in [3.63, 3.8) is 0 Å². The van der Waals surface area contributed by atoms with Crippen molar-refractivity contribution in [2.24, 2.45) is 10.9 Å². The number of ether oxygens (including phenoxy) is 2. The van der Waals surface area contributed by atoms with Gasteiger partial charge >= 0.3 is 6.09 Å². The molecule has 0 unspecified atom stereocenters. The molecule has 4 heteroatoms. The van der Waals surface area contributed by atoms with Gasteiger partial charge in [-0.05, 0) is 20.8 Å². The zero-order valence-corrected chi connectivity index (χ0v) is 9.75. The van der Waals surface area contributed by atoms with Crippen LogP contribution in [0.4, 0.5) is 4.79 Å². The van der Waals surface area contributed by atoms with Gasteiger partial charge in [-0.15, -0.1) is 4.99 Å². The molecule has 0 bridgehead atoms. The molecule has 82 valence electrons. The summed E-state index contributed by atoms with van der Waals surface area (Å²) in [5, 5.41) is 0. The fourth-order valence-corrected chi connectivity index (χ4v) is 0.785. The molecule has 0 aromatic heterocycles. The Morgan fingerprint density at radius 2 is 1.79 bits per heavy atom. The number of rotatable bonds is 1. The summed E-state index contributed by atoms with van der Waals surface area (Å²) in [6.07, 6.45) is -0.608. The second kappa shape index (κ2) is 4.98. The van der Waals surface area contributed by atoms with Crippen LogP contribution in [0, 0.1) is 5.92 Å². The Kier molecular flexibility index (Phi) is 4.60. The van der Waals surface area contributed by atoms with Gasteiger partial charge in [0.05, 0.1) is 7.11 Å². The molecule has 0 aromatic rings. The highest BCUT2D eigenvalue weighted by Gasteiger charge is 2.17. The Labute approximate surface area is 85.3 Å². The molecule has 0 N–H and O–H groups in total. The van der Waals surface area contributed by atoms with Crippen LogP contribution in [-0.4, -0.2) is 24.7 Å². The van der Waals surface area contributed by atoms with Crippen molar-refractivity contribution in [3.8, 4) is 0 Å². The van der Waals surface area contributed by atoms with E-state index in [-0.39, 0.29) is 5.92 Å². The van der Waals surface area contributed by atoms with Gasteiger partial charge in [-0.25, -0.2) is 4.79 Å². The van der Waals surface area contributed by atoms with Crippen molar-refractivity contribution in [2.45, 2.75) is 40.2 Å². The predicted molar refractivity (Wildman–Crippen MR) is 55.5 cm³/mol. The van der Waals surface area contributed by atoms with Crippen LogP contribution in [0.5, 0.6) is 0 Å². The number of nitrogens with zero attached hydrogens (tertiary/aromatic N) is 1. The Bertz CT molecular complexity index is 226. The molecule has 0 rings (SSSR count). The summed E-state index contributed by atoms with van der Waals surface area (Å²) < 4.78 is 9.96. The number of methoxy groups -OCH3 is 1. The topological polar surface area (TPSA) is 47.9 Å². The molecule has 0 saturated heterocycles. The lowest BCUT2D eigenvalue weighted by Crippen LogP contribution is -2.23. The Morgan fingerprint density at radius 3 is 2.07 bits per heavy atom. The number of aliphatic imine (C=N–C) groups is 1. The average molecular weight is 201 g/mol. The lowest BCUT2D eigenvalue weighted by Gasteiger charge is -2.18. The van der Waals surface area contributed by atoms with Gasteiger partial charge in [0.2, 0.25) is 0 Å². The number of amides is 1. The van der Waals surface area contributed by atoms with E-state index in [9.17, 15) is 4.79 Å². The van der Waals surface area contributed by atoms with E-state index in [1.807, 2.05) is 13.8 Å². The second-order valence-electron chi connectivity index (χ2n) is 4.29. The second-order valence-corrected chi connectivity index (χ2v) is 4.29. The summed E-state index contributed by atoms with van der Waals surface area (Å²) in [7, 11) is 1.49. The maximum atomic E-state index is 11.2. The molecular weight excluding hydrogens is 182 g/mol. The van der Waals surface area contributed by atoms with Gasteiger partial charge in [0.25, 0.3) is 0 Å². The first-order chi connectivity index (χ1) is 6.26. The molecular formula is C10H19NO3. The lowest BCUT2D eigenvalue weighted by molar-refractivity contribution is 0.0599. The van der Waals surface area contributed by atoms with E-state index in [2.05, 4.69) is 4.99 Å². The minimum Gasteiger partial charge on any atom is -0.484 e. The largest absolute Gasteiger partial charge is 0.484 e. The van der Waals surface area contributed by atoms with E-state index in [1.54, 1.807) is 20.8 Å². The van der Waals surface area contributed by atoms with E-state index in [4.69, 9.17) is 9.47 Å². The minimum absolute atomic E-state index is 0.0764. The molecule has 0 saturated carbocycles. The quantitative estimate of drug-likeness (QED) is 0.484. The monoisotopic (exact) mass is 201 g/mol. The zero-order valence-electron chi connectivity index (χ0n) is 9.75. The van der Waals surface area contributed by atoms with E-state index in [1.165, 1.54) is 7.11 Å². The summed E-state index contributed by atoms with van der Waals surface area (Å²) in [6.45, 7) is 9.17. The number of carbonyl (C=O) groups is 1. The van der Waals surface area contributed by atoms with E-state index in [0.29, 0.717) is 5.90 Å². The standard InChI is InChI=1S/C10H19NO3/c1-7(2)8(13-6)11-9(12)14-10(3,4)5/h7H,1-6H3. The average Bonchev–Trinajstić information content (AvgIpc) is 1.96. The molecule has 0 atom stereocenters. The third kappa shape index (κ3) is 5.56. The van der Waals surface area contributed by atoms with Crippen molar-refractivity contribution < 1.29 is 14.3 Å². The van der Waals surface area contributed by atoms with E-state index in [0.717, 1.165) is 0 Å². The predicted octanol–water partition coefficient (Wildman–Crippen LogP) is 2.62. The first kappa shape index (κ1) is 12.9. The Morgan fingerprint density at radius 1 is 1.29 bits per heavy atom. The van der Waals surface area contributed by atoms with Crippen LogP contribution in [0.15, 0.2) is 4.99 Å². The molecule has 4 nitrogen and oxygen atoms in total. The molecule has 0 radical (unpaired) electrons. The highest BCUT2D eigenvalue weighted by Crippen LogP contribution is 2.09. The lowest BCUT2D eigenvalue weighted by atomic mass is 10.2. The third-order valence-corrected chi connectivity index (χ3v) is 1.30. The van der Waals surface area contributed by atoms with Crippen LogP contribution in [0.1, 0.15) is 34.6 Å². The number of hydrogen-bond acceptors (Lipinski definition) is 3. The van der Waals surface area contributed by atoms with Crippen molar-refractivity contribution in [1.82, 2.24) is 0 Å². The van der Waals surface area contributed by atoms with Gasteiger partial charge < -0.3 is 9.47 Å². The van der Waals surface area contributed by atoms with Gasteiger partial charge in [0.1, 0.15) is 5.60 Å². The maximum Gasteiger partial charge on any atom is 0.437 e. The number of carbonyl (C=O) groups excluding carboxylic acids is 1. The van der Waals surface area contributed by atoms with Crippen LogP contribution in [0.25, 0.3) is 0 Å². The molecule has 0 heterocycles. The van der Waals surface area contributed by atoms with Crippen LogP contribution < -0.4 is 0 Å². The van der Waals surface area contributed by atoms with Crippen LogP contribution in [-0.2, 0) is 9.47 Å². The van der Waals surface area contributed by atoms with Crippen molar-refractivity contribution in [1.29, 1.82) is 0 Å². The Hall–Kier alpha value is -1.06. The molecule has 0 aromatic carbocycles. The van der Waals surface area contributed by atoms with Crippen molar-refractivity contribution in [2.75, 3.05) is 7.11 Å². The smallest absolute Gasteiger partial charge is 0.437 e. The highest BCUT2D eigenvalue weighted by atomic mass is 16.6. The van der Waals surface area contributed by atoms with Gasteiger partial charge in [-0.2, -0.15) is 0 Å². The first-order valence-corrected chi connectivity index (χ1v) is 4.62. The summed E-state index contributed by atoms with van der Waals surface area (Å²) in [5.41, 5.74) is -0.517. The highest BCUT2D eigenvalue weighted by molar-refractivity contribution is 5.89. The molecule has 1 amide bonds. The van der Waals surface area contributed by atoms with Crippen LogP contribution >= 0.6 is 0 Å². The van der Waals surface area contributed by atoms with Gasteiger partial charge in [-0.3, -0.25) is 0 Å². The fourth-order valence-electron chi connectivity index (χ4n) is 0.785. The third-order valence-electron chi connectivity index (χ3n) is 1.30. The normalized spacial score (nSPS) is 12.9. The molecule has 14 heavy (non-hydrogen) atoms. The molecule has 0 aliphatic heterocycles. The molecule has 0 fully saturated rings. The van der Waals surface area contributed by atoms with Crippen molar-refractivity contribution >= 4 is 12.0 Å². The first-order valence-electron chi connectivity index (χ1n) is 4.62. The van der Waals surface area contributed by atoms with E-state index >= 15 is 0 Å². The summed E-state index contributed by atoms with van der Waals surface area (Å²) in [6, 6.07) is 0. The summed E-state index contributed by atoms with van der Waals surface area (Å²) in [4.78, 5) is 15.0. The van der Waals surface area contributed by atoms with Gasteiger partial charge in [0, 0.05) is 5.92 Å². The van der Waals surface area contributed by atoms with Crippen LogP contribution in [0.3, 0.4) is 0 Å². The van der Waals surface area contributed by atoms with Gasteiger partial charge in [0.15, 0.2) is 5.90 Å². The zero-order chi connectivity index (χ0) is 11.4. The molecule has 0 aliphatic carbocycles. The summed E-state index contributed by atoms with van der Waals surface area (Å²) >= 11 is 0. The molecule has 0 spiro atoms.